The molecule has 2 aromatic rings. The van der Waals surface area contributed by atoms with Crippen molar-refractivity contribution in [1.82, 2.24) is 15.0 Å². The Morgan fingerprint density at radius 3 is 2.71 bits per heavy atom. The number of allylic oxidation sites excluding steroid dienone is 1. The lowest BCUT2D eigenvalue weighted by molar-refractivity contribution is 0.0263. The van der Waals surface area contributed by atoms with Crippen LogP contribution in [0.4, 0.5) is 11.6 Å². The maximum absolute atomic E-state index is 13.0. The van der Waals surface area contributed by atoms with E-state index < -0.39 is 5.60 Å². The van der Waals surface area contributed by atoms with Crippen LogP contribution in [0, 0.1) is 18.8 Å². The third-order valence-electron chi connectivity index (χ3n) is 6.33. The van der Waals surface area contributed by atoms with E-state index in [2.05, 4.69) is 30.2 Å². The van der Waals surface area contributed by atoms with Gasteiger partial charge in [0, 0.05) is 49.6 Å². The number of rotatable bonds is 8. The first-order valence-electron chi connectivity index (χ1n) is 11.8. The van der Waals surface area contributed by atoms with Crippen molar-refractivity contribution in [3.8, 4) is 0 Å². The van der Waals surface area contributed by atoms with E-state index in [-0.39, 0.29) is 17.5 Å². The van der Waals surface area contributed by atoms with Crippen LogP contribution in [0.5, 0.6) is 0 Å². The number of amides is 1. The van der Waals surface area contributed by atoms with Crippen LogP contribution in [-0.4, -0.2) is 57.4 Å². The number of nitrogens with two attached hydrogens (primary N) is 1. The van der Waals surface area contributed by atoms with Crippen molar-refractivity contribution in [3.63, 3.8) is 0 Å². The molecule has 1 aliphatic heterocycles. The maximum atomic E-state index is 13.0. The first-order valence-corrected chi connectivity index (χ1v) is 11.8. The number of aryl methyl sites for hydroxylation is 1. The second-order valence-electron chi connectivity index (χ2n) is 9.67. The van der Waals surface area contributed by atoms with Gasteiger partial charge in [0.15, 0.2) is 0 Å². The zero-order chi connectivity index (χ0) is 24.3. The van der Waals surface area contributed by atoms with Gasteiger partial charge in [0.1, 0.15) is 23.2 Å². The molecule has 9 nitrogen and oxygen atoms in total. The highest BCUT2D eigenvalue weighted by Gasteiger charge is 2.34. The van der Waals surface area contributed by atoms with Crippen molar-refractivity contribution >= 4 is 29.3 Å². The molecule has 4 rings (SSSR count). The molecular weight excluding hydrogens is 430 g/mol. The molecule has 0 bridgehead atoms. The third kappa shape index (κ3) is 5.96. The quantitative estimate of drug-likeness (QED) is 0.513. The fourth-order valence-corrected chi connectivity index (χ4v) is 4.02. The van der Waals surface area contributed by atoms with Gasteiger partial charge in [-0.3, -0.25) is 9.79 Å². The number of pyridine rings is 1. The van der Waals surface area contributed by atoms with Crippen molar-refractivity contribution in [1.29, 1.82) is 0 Å². The highest BCUT2D eigenvalue weighted by atomic mass is 16.3. The van der Waals surface area contributed by atoms with E-state index >= 15 is 0 Å². The molecule has 1 saturated heterocycles. The second-order valence-corrected chi connectivity index (χ2v) is 9.67. The Labute approximate surface area is 200 Å². The lowest BCUT2D eigenvalue weighted by Gasteiger charge is -2.26. The Hall–Kier alpha value is -3.33. The fraction of sp³-hybridized carbons (Fsp3) is 0.480. The molecule has 1 aliphatic carbocycles. The molecule has 0 radical (unpaired) electrons. The number of hydrogen-bond donors (Lipinski definition) is 3. The Morgan fingerprint density at radius 2 is 2.03 bits per heavy atom. The van der Waals surface area contributed by atoms with Gasteiger partial charge in [0.05, 0.1) is 11.3 Å². The number of nitrogens with zero attached hydrogens (tertiary/aromatic N) is 5. The third-order valence-corrected chi connectivity index (χ3v) is 6.33. The smallest absolute Gasteiger partial charge is 0.275 e. The van der Waals surface area contributed by atoms with Crippen LogP contribution in [-0.2, 0) is 0 Å². The molecule has 2 fully saturated rings. The topological polar surface area (TPSA) is 130 Å². The Balaban J connectivity index is 1.46. The van der Waals surface area contributed by atoms with Gasteiger partial charge in [-0.25, -0.2) is 15.0 Å². The van der Waals surface area contributed by atoms with Crippen LogP contribution in [0.2, 0.25) is 0 Å². The molecule has 2 aromatic heterocycles. The number of nitrogens with one attached hydrogen (secondary N) is 1. The number of hydrogen-bond acceptors (Lipinski definition) is 8. The first kappa shape index (κ1) is 23.8. The van der Waals surface area contributed by atoms with Gasteiger partial charge < -0.3 is 21.1 Å². The van der Waals surface area contributed by atoms with E-state index in [9.17, 15) is 9.90 Å². The predicted molar refractivity (Wildman–Crippen MR) is 134 cm³/mol. The van der Waals surface area contributed by atoms with Crippen molar-refractivity contribution in [2.75, 3.05) is 29.9 Å². The van der Waals surface area contributed by atoms with Crippen LogP contribution in [0.25, 0.3) is 5.57 Å². The molecule has 1 amide bonds. The van der Waals surface area contributed by atoms with Crippen LogP contribution in [0.1, 0.15) is 55.1 Å². The normalized spacial score (nSPS) is 19.1. The van der Waals surface area contributed by atoms with E-state index in [1.165, 1.54) is 19.0 Å². The summed E-state index contributed by atoms with van der Waals surface area (Å²) in [6, 6.07) is 6.99. The summed E-state index contributed by atoms with van der Waals surface area (Å²) in [5.41, 5.74) is 6.56. The molecule has 180 valence electrons. The standard InChI is InChI=1S/C25H33N7O2/c1-16-28-22(11-23(29-16)32-10-9-19(15-32)25(2,3)34)31-24(33)21-6-4-5-20(30-21)18(12-26)14-27-13-17-7-8-17/h4-6,11-12,14,17,19,34H,7-10,13,15,26H2,1-3H3,(H,28,29,31,33)/b18-12+,27-14?. The van der Waals surface area contributed by atoms with Gasteiger partial charge in [-0.2, -0.15) is 0 Å². The predicted octanol–water partition coefficient (Wildman–Crippen LogP) is 2.81. The molecule has 3 heterocycles. The van der Waals surface area contributed by atoms with Crippen LogP contribution < -0.4 is 16.0 Å². The summed E-state index contributed by atoms with van der Waals surface area (Å²) < 4.78 is 0. The molecule has 4 N–H and O–H groups in total. The summed E-state index contributed by atoms with van der Waals surface area (Å²) in [6.07, 6.45) is 6.52. The largest absolute Gasteiger partial charge is 0.404 e. The minimum absolute atomic E-state index is 0.158. The molecule has 9 heteroatoms. The van der Waals surface area contributed by atoms with E-state index in [1.807, 2.05) is 13.8 Å². The van der Waals surface area contributed by atoms with Gasteiger partial charge in [-0.15, -0.1) is 0 Å². The minimum Gasteiger partial charge on any atom is -0.404 e. The Bertz CT molecular complexity index is 1100. The van der Waals surface area contributed by atoms with Crippen LogP contribution in [0.3, 0.4) is 0 Å². The highest BCUT2D eigenvalue weighted by Crippen LogP contribution is 2.31. The number of aliphatic imine (C=N–C) groups is 1. The second kappa shape index (κ2) is 9.89. The molecule has 0 aromatic carbocycles. The molecule has 0 spiro atoms. The number of carbonyl (C=O) groups excluding carboxylic acids is 1. The summed E-state index contributed by atoms with van der Waals surface area (Å²) in [5, 5.41) is 13.2. The summed E-state index contributed by atoms with van der Waals surface area (Å²) in [7, 11) is 0. The van der Waals surface area contributed by atoms with Gasteiger partial charge in [0.2, 0.25) is 0 Å². The molecule has 1 saturated carbocycles. The summed E-state index contributed by atoms with van der Waals surface area (Å²) in [6.45, 7) is 7.75. The van der Waals surface area contributed by atoms with E-state index in [4.69, 9.17) is 5.73 Å². The maximum Gasteiger partial charge on any atom is 0.275 e. The highest BCUT2D eigenvalue weighted by molar-refractivity contribution is 6.09. The number of aliphatic hydroxyl groups is 1. The number of carbonyl (C=O) groups is 1. The van der Waals surface area contributed by atoms with Gasteiger partial charge >= 0.3 is 0 Å². The lowest BCUT2D eigenvalue weighted by atomic mass is 9.90. The lowest BCUT2D eigenvalue weighted by Crippen LogP contribution is -2.33. The molecule has 1 atom stereocenters. The van der Waals surface area contributed by atoms with Crippen molar-refractivity contribution in [3.05, 3.63) is 47.7 Å². The Kier molecular flexibility index (Phi) is 6.92. The fourth-order valence-electron chi connectivity index (χ4n) is 4.02. The Morgan fingerprint density at radius 1 is 1.26 bits per heavy atom. The molecule has 2 aliphatic rings. The summed E-state index contributed by atoms with van der Waals surface area (Å²) in [5.74, 6) is 2.17. The first-order chi connectivity index (χ1) is 16.2. The van der Waals surface area contributed by atoms with E-state index in [0.717, 1.165) is 25.3 Å². The summed E-state index contributed by atoms with van der Waals surface area (Å²) in [4.78, 5) is 32.9. The zero-order valence-electron chi connectivity index (χ0n) is 20.0. The van der Waals surface area contributed by atoms with Crippen molar-refractivity contribution in [2.24, 2.45) is 22.6 Å². The zero-order valence-corrected chi connectivity index (χ0v) is 20.0. The van der Waals surface area contributed by atoms with Gasteiger partial charge in [-0.05, 0) is 58.1 Å². The van der Waals surface area contributed by atoms with Gasteiger partial charge in [-0.1, -0.05) is 6.07 Å². The average molecular weight is 464 g/mol. The molecule has 34 heavy (non-hydrogen) atoms. The number of aromatic nitrogens is 3. The summed E-state index contributed by atoms with van der Waals surface area (Å²) >= 11 is 0. The average Bonchev–Trinajstić information content (AvgIpc) is 3.47. The van der Waals surface area contributed by atoms with Gasteiger partial charge in [0.25, 0.3) is 5.91 Å². The number of anilines is 2. The van der Waals surface area contributed by atoms with Crippen molar-refractivity contribution < 1.29 is 9.90 Å². The SMILES string of the molecule is Cc1nc(NC(=O)c2cccc(/C(C=NCC3CC3)=C/N)n2)cc(N2CCC(C(C)(C)O)C2)n1. The van der Waals surface area contributed by atoms with Crippen LogP contribution >= 0.6 is 0 Å². The van der Waals surface area contributed by atoms with Crippen LogP contribution in [0.15, 0.2) is 35.5 Å². The monoisotopic (exact) mass is 463 g/mol. The molecule has 1 unspecified atom stereocenters. The van der Waals surface area contributed by atoms with E-state index in [0.29, 0.717) is 35.4 Å². The minimum atomic E-state index is -0.746. The molecular formula is C25H33N7O2. The van der Waals surface area contributed by atoms with Crippen molar-refractivity contribution in [2.45, 2.75) is 45.6 Å². The van der Waals surface area contributed by atoms with E-state index in [1.54, 1.807) is 37.4 Å².